The minimum Gasteiger partial charge on any atom is -0.302 e. The van der Waals surface area contributed by atoms with Crippen molar-refractivity contribution in [2.75, 3.05) is 11.9 Å². The van der Waals surface area contributed by atoms with Crippen LogP contribution in [0.25, 0.3) is 0 Å². The van der Waals surface area contributed by atoms with Gasteiger partial charge in [-0.25, -0.2) is 22.5 Å². The van der Waals surface area contributed by atoms with Crippen molar-refractivity contribution in [2.24, 2.45) is 0 Å². The number of thiazole rings is 1. The van der Waals surface area contributed by atoms with Gasteiger partial charge in [0.1, 0.15) is 5.82 Å². The predicted molar refractivity (Wildman–Crippen MR) is 111 cm³/mol. The number of halogens is 2. The molecule has 0 spiro atoms. The van der Waals surface area contributed by atoms with E-state index in [0.29, 0.717) is 16.6 Å². The highest BCUT2D eigenvalue weighted by Gasteiger charge is 2.15. The van der Waals surface area contributed by atoms with Gasteiger partial charge in [0.15, 0.2) is 5.13 Å². The minimum atomic E-state index is -3.74. The van der Waals surface area contributed by atoms with E-state index >= 15 is 0 Å². The third-order valence-electron chi connectivity index (χ3n) is 3.84. The van der Waals surface area contributed by atoms with Crippen LogP contribution in [0.15, 0.2) is 59.6 Å². The average Bonchev–Trinajstić information content (AvgIpc) is 3.10. The molecule has 10 heteroatoms. The Morgan fingerprint density at radius 2 is 1.93 bits per heavy atom. The van der Waals surface area contributed by atoms with Gasteiger partial charge in [-0.3, -0.25) is 4.79 Å². The minimum absolute atomic E-state index is 0.0377. The van der Waals surface area contributed by atoms with Crippen LogP contribution in [0.5, 0.6) is 0 Å². The molecular formula is C19H17ClFN3O3S2. The normalized spacial score (nSPS) is 11.4. The van der Waals surface area contributed by atoms with Crippen LogP contribution in [0, 0.1) is 5.82 Å². The summed E-state index contributed by atoms with van der Waals surface area (Å²) in [6.45, 7) is -0.0610. The Balaban J connectivity index is 1.48. The second kappa shape index (κ2) is 9.45. The van der Waals surface area contributed by atoms with Gasteiger partial charge in [0.2, 0.25) is 15.9 Å². The highest BCUT2D eigenvalue weighted by atomic mass is 35.5. The summed E-state index contributed by atoms with van der Waals surface area (Å²) in [6.07, 6.45) is 2.17. The zero-order valence-electron chi connectivity index (χ0n) is 15.1. The number of hydrogen-bond donors (Lipinski definition) is 2. The number of sulfonamides is 1. The van der Waals surface area contributed by atoms with Gasteiger partial charge in [-0.1, -0.05) is 29.8 Å². The molecule has 6 nitrogen and oxygen atoms in total. The lowest BCUT2D eigenvalue weighted by Gasteiger charge is -2.07. The molecule has 0 saturated carbocycles. The maximum Gasteiger partial charge on any atom is 0.240 e. The maximum absolute atomic E-state index is 13.0. The monoisotopic (exact) mass is 453 g/mol. The summed E-state index contributed by atoms with van der Waals surface area (Å²) in [5.74, 6) is -0.654. The second-order valence-electron chi connectivity index (χ2n) is 6.09. The molecule has 0 fully saturated rings. The van der Waals surface area contributed by atoms with E-state index < -0.39 is 10.0 Å². The van der Waals surface area contributed by atoms with Crippen LogP contribution in [0.3, 0.4) is 0 Å². The first kappa shape index (κ1) is 21.4. The Kier molecular flexibility index (Phi) is 6.96. The molecule has 0 aliphatic heterocycles. The van der Waals surface area contributed by atoms with E-state index in [4.69, 9.17) is 11.6 Å². The van der Waals surface area contributed by atoms with Crippen molar-refractivity contribution in [3.63, 3.8) is 0 Å². The summed E-state index contributed by atoms with van der Waals surface area (Å²) in [7, 11) is -3.74. The Labute approximate surface area is 176 Å². The predicted octanol–water partition coefficient (Wildman–Crippen LogP) is 3.83. The number of nitrogens with one attached hydrogen (secondary N) is 2. The third kappa shape index (κ3) is 6.33. The average molecular weight is 454 g/mol. The maximum atomic E-state index is 13.0. The van der Waals surface area contributed by atoms with Crippen molar-refractivity contribution < 1.29 is 17.6 Å². The van der Waals surface area contributed by atoms with E-state index in [-0.39, 0.29) is 29.6 Å². The molecule has 3 aromatic rings. The van der Waals surface area contributed by atoms with Gasteiger partial charge in [-0.2, -0.15) is 0 Å². The lowest BCUT2D eigenvalue weighted by molar-refractivity contribution is -0.116. The fourth-order valence-corrected chi connectivity index (χ4v) is 4.64. The van der Waals surface area contributed by atoms with E-state index in [1.165, 1.54) is 41.7 Å². The number of amides is 1. The van der Waals surface area contributed by atoms with Gasteiger partial charge in [0.05, 0.1) is 4.90 Å². The molecule has 152 valence electrons. The molecule has 0 radical (unpaired) electrons. The lowest BCUT2D eigenvalue weighted by atomic mass is 10.1. The second-order valence-corrected chi connectivity index (χ2v) is 9.41. The molecule has 0 saturated heterocycles. The summed E-state index contributed by atoms with van der Waals surface area (Å²) >= 11 is 7.11. The van der Waals surface area contributed by atoms with E-state index in [1.807, 2.05) is 0 Å². The molecular weight excluding hydrogens is 437 g/mol. The van der Waals surface area contributed by atoms with Crippen molar-refractivity contribution in [2.45, 2.75) is 17.7 Å². The molecule has 0 aliphatic rings. The van der Waals surface area contributed by atoms with E-state index in [1.54, 1.807) is 24.4 Å². The lowest BCUT2D eigenvalue weighted by Crippen LogP contribution is -2.27. The highest BCUT2D eigenvalue weighted by molar-refractivity contribution is 7.89. The molecule has 2 aromatic carbocycles. The molecule has 1 aromatic heterocycles. The summed E-state index contributed by atoms with van der Waals surface area (Å²) in [5.41, 5.74) is 0.934. The number of aromatic nitrogens is 1. The highest BCUT2D eigenvalue weighted by Crippen LogP contribution is 2.21. The first-order valence-corrected chi connectivity index (χ1v) is 11.2. The fourth-order valence-electron chi connectivity index (χ4n) is 2.45. The van der Waals surface area contributed by atoms with Crippen molar-refractivity contribution in [3.05, 3.63) is 76.0 Å². The molecule has 29 heavy (non-hydrogen) atoms. The number of hydrogen-bond acceptors (Lipinski definition) is 5. The molecule has 0 aliphatic carbocycles. The molecule has 1 heterocycles. The van der Waals surface area contributed by atoms with E-state index in [9.17, 15) is 17.6 Å². The molecule has 0 unspecified atom stereocenters. The van der Waals surface area contributed by atoms with Crippen molar-refractivity contribution in [1.29, 1.82) is 0 Å². The fraction of sp³-hybridized carbons (Fsp3) is 0.158. The van der Waals surface area contributed by atoms with Gasteiger partial charge < -0.3 is 5.32 Å². The van der Waals surface area contributed by atoms with Crippen LogP contribution in [-0.4, -0.2) is 25.9 Å². The van der Waals surface area contributed by atoms with Gasteiger partial charge >= 0.3 is 0 Å². The van der Waals surface area contributed by atoms with Gasteiger partial charge in [0, 0.05) is 35.5 Å². The zero-order valence-corrected chi connectivity index (χ0v) is 17.5. The third-order valence-corrected chi connectivity index (χ3v) is 6.45. The summed E-state index contributed by atoms with van der Waals surface area (Å²) in [6, 6.07) is 12.0. The van der Waals surface area contributed by atoms with Crippen LogP contribution in [0.1, 0.15) is 16.9 Å². The molecule has 2 N–H and O–H groups in total. The SMILES string of the molecule is O=C(CCNS(=O)(=O)c1cccc(Cl)c1)Nc1ncc(Cc2ccc(F)cc2)s1. The number of carbonyl (C=O) groups excluding carboxylic acids is 1. The number of benzene rings is 2. The Morgan fingerprint density at radius 1 is 1.17 bits per heavy atom. The quantitative estimate of drug-likeness (QED) is 0.542. The first-order chi connectivity index (χ1) is 13.8. The van der Waals surface area contributed by atoms with Crippen molar-refractivity contribution >= 4 is 44.0 Å². The number of carbonyl (C=O) groups is 1. The van der Waals surface area contributed by atoms with Crippen molar-refractivity contribution in [3.8, 4) is 0 Å². The summed E-state index contributed by atoms with van der Waals surface area (Å²) in [4.78, 5) is 17.1. The van der Waals surface area contributed by atoms with Crippen LogP contribution >= 0.6 is 22.9 Å². The Bertz CT molecular complexity index is 1100. The number of anilines is 1. The summed E-state index contributed by atoms with van der Waals surface area (Å²) in [5, 5.41) is 3.38. The largest absolute Gasteiger partial charge is 0.302 e. The van der Waals surface area contributed by atoms with Crippen LogP contribution in [0.2, 0.25) is 5.02 Å². The van der Waals surface area contributed by atoms with Crippen LogP contribution in [-0.2, 0) is 21.2 Å². The van der Waals surface area contributed by atoms with E-state index in [2.05, 4.69) is 15.0 Å². The first-order valence-electron chi connectivity index (χ1n) is 8.56. The van der Waals surface area contributed by atoms with E-state index in [0.717, 1.165) is 10.4 Å². The van der Waals surface area contributed by atoms with Gasteiger partial charge in [-0.05, 0) is 35.9 Å². The summed E-state index contributed by atoms with van der Waals surface area (Å²) < 4.78 is 39.7. The molecule has 3 rings (SSSR count). The molecule has 0 atom stereocenters. The van der Waals surface area contributed by atoms with Crippen LogP contribution in [0.4, 0.5) is 9.52 Å². The standard InChI is InChI=1S/C19H17ClFN3O3S2/c20-14-2-1-3-17(11-14)29(26,27)23-9-8-18(25)24-19-22-12-16(28-19)10-13-4-6-15(21)7-5-13/h1-7,11-12,23H,8-10H2,(H,22,24,25). The smallest absolute Gasteiger partial charge is 0.240 e. The van der Waals surface area contributed by atoms with Crippen molar-refractivity contribution in [1.82, 2.24) is 9.71 Å². The molecule has 1 amide bonds. The topological polar surface area (TPSA) is 88.2 Å². The Hall–Kier alpha value is -2.33. The van der Waals surface area contributed by atoms with Gasteiger partial charge in [-0.15, -0.1) is 11.3 Å². The molecule has 0 bridgehead atoms. The number of nitrogens with zero attached hydrogens (tertiary/aromatic N) is 1. The van der Waals surface area contributed by atoms with Crippen LogP contribution < -0.4 is 10.0 Å². The van der Waals surface area contributed by atoms with Gasteiger partial charge in [0.25, 0.3) is 0 Å². The zero-order chi connectivity index (χ0) is 20.9. The Morgan fingerprint density at radius 3 is 2.66 bits per heavy atom. The number of rotatable bonds is 8.